The van der Waals surface area contributed by atoms with Crippen molar-refractivity contribution < 1.29 is 4.74 Å². The zero-order valence-corrected chi connectivity index (χ0v) is 16.9. The van der Waals surface area contributed by atoms with Crippen LogP contribution in [0.4, 0.5) is 0 Å². The number of fused-ring (bicyclic) bond motifs is 3. The standard InChI is InChI=1S/C20H26BrN3O/c1-11-8-19(9-12(2)17(11)25-4)10-14-5-6-15(21)7-16(14)20(19)23-13(3)18(22)24-20/h5-7,11-12,17H,8-10H2,1-4H3,(H2,22,24)/t11-,12+,17+,19+,20-/m0/s1. The molecule has 0 amide bonds. The van der Waals surface area contributed by atoms with Gasteiger partial charge in [-0.3, -0.25) is 4.99 Å². The smallest absolute Gasteiger partial charge is 0.184 e. The Morgan fingerprint density at radius 2 is 1.88 bits per heavy atom. The van der Waals surface area contributed by atoms with E-state index in [0.717, 1.165) is 29.4 Å². The van der Waals surface area contributed by atoms with E-state index >= 15 is 0 Å². The quantitative estimate of drug-likeness (QED) is 0.768. The average Bonchev–Trinajstić information content (AvgIpc) is 2.96. The van der Waals surface area contributed by atoms with Crippen molar-refractivity contribution in [1.29, 1.82) is 0 Å². The topological polar surface area (TPSA) is 60.0 Å². The predicted octanol–water partition coefficient (Wildman–Crippen LogP) is 4.06. The first-order valence-corrected chi connectivity index (χ1v) is 9.85. The molecule has 5 atom stereocenters. The van der Waals surface area contributed by atoms with Crippen molar-refractivity contribution >= 4 is 27.5 Å². The molecule has 1 saturated carbocycles. The Morgan fingerprint density at radius 1 is 1.20 bits per heavy atom. The van der Waals surface area contributed by atoms with Gasteiger partial charge in [0.15, 0.2) is 5.66 Å². The Balaban J connectivity index is 1.90. The molecule has 4 rings (SSSR count). The number of rotatable bonds is 1. The van der Waals surface area contributed by atoms with Gasteiger partial charge in [-0.05, 0) is 55.7 Å². The highest BCUT2D eigenvalue weighted by atomic mass is 79.9. The summed E-state index contributed by atoms with van der Waals surface area (Å²) in [4.78, 5) is 10.1. The third-order valence-electron chi connectivity index (χ3n) is 6.52. The number of hydrogen-bond donors (Lipinski definition) is 1. The summed E-state index contributed by atoms with van der Waals surface area (Å²) in [5.41, 5.74) is 9.07. The fourth-order valence-corrected chi connectivity index (χ4v) is 6.10. The molecule has 0 bridgehead atoms. The summed E-state index contributed by atoms with van der Waals surface area (Å²) in [5.74, 6) is 1.52. The van der Waals surface area contributed by atoms with Crippen LogP contribution >= 0.6 is 15.9 Å². The number of nitrogens with two attached hydrogens (primary N) is 1. The van der Waals surface area contributed by atoms with Crippen molar-refractivity contribution in [1.82, 2.24) is 0 Å². The Morgan fingerprint density at radius 3 is 2.44 bits per heavy atom. The Hall–Kier alpha value is -1.20. The van der Waals surface area contributed by atoms with Crippen LogP contribution in [0.3, 0.4) is 0 Å². The highest BCUT2D eigenvalue weighted by molar-refractivity contribution is 9.10. The van der Waals surface area contributed by atoms with Crippen molar-refractivity contribution in [2.45, 2.75) is 51.8 Å². The largest absolute Gasteiger partial charge is 0.382 e. The molecule has 2 aliphatic carbocycles. The van der Waals surface area contributed by atoms with Crippen molar-refractivity contribution in [3.05, 3.63) is 33.8 Å². The molecule has 1 aliphatic heterocycles. The van der Waals surface area contributed by atoms with Crippen molar-refractivity contribution in [2.75, 3.05) is 7.11 Å². The number of nitrogens with zero attached hydrogens (tertiary/aromatic N) is 2. The second-order valence-electron chi connectivity index (χ2n) is 8.19. The summed E-state index contributed by atoms with van der Waals surface area (Å²) >= 11 is 3.63. The molecule has 0 unspecified atom stereocenters. The first-order chi connectivity index (χ1) is 11.8. The lowest BCUT2D eigenvalue weighted by molar-refractivity contribution is -0.0729. The Bertz CT molecular complexity index is 755. The van der Waals surface area contributed by atoms with E-state index in [2.05, 4.69) is 48.0 Å². The maximum atomic E-state index is 6.22. The van der Waals surface area contributed by atoms with Gasteiger partial charge in [0.25, 0.3) is 0 Å². The van der Waals surface area contributed by atoms with Gasteiger partial charge < -0.3 is 10.5 Å². The summed E-state index contributed by atoms with van der Waals surface area (Å²) < 4.78 is 6.88. The zero-order valence-electron chi connectivity index (χ0n) is 15.3. The Labute approximate surface area is 158 Å². The first kappa shape index (κ1) is 17.2. The molecule has 1 aromatic carbocycles. The molecule has 25 heavy (non-hydrogen) atoms. The van der Waals surface area contributed by atoms with Crippen LogP contribution in [0.15, 0.2) is 32.7 Å². The third-order valence-corrected chi connectivity index (χ3v) is 7.01. The van der Waals surface area contributed by atoms with E-state index in [0.29, 0.717) is 23.8 Å². The number of methoxy groups -OCH3 is 1. The Kier molecular flexibility index (Phi) is 3.89. The fraction of sp³-hybridized carbons (Fsp3) is 0.600. The number of ether oxygens (including phenoxy) is 1. The molecule has 1 fully saturated rings. The van der Waals surface area contributed by atoms with Gasteiger partial charge in [0, 0.05) is 22.6 Å². The molecule has 2 spiro atoms. The maximum Gasteiger partial charge on any atom is 0.184 e. The minimum absolute atomic E-state index is 0.0215. The third kappa shape index (κ3) is 2.28. The minimum atomic E-state index is -0.568. The van der Waals surface area contributed by atoms with Crippen LogP contribution in [0.25, 0.3) is 0 Å². The van der Waals surface area contributed by atoms with E-state index in [1.807, 2.05) is 14.0 Å². The monoisotopic (exact) mass is 403 g/mol. The van der Waals surface area contributed by atoms with E-state index in [1.165, 1.54) is 11.1 Å². The molecule has 0 radical (unpaired) electrons. The second kappa shape index (κ2) is 5.65. The van der Waals surface area contributed by atoms with Gasteiger partial charge >= 0.3 is 0 Å². The number of hydrogen-bond acceptors (Lipinski definition) is 4. The molecule has 0 aromatic heterocycles. The van der Waals surface area contributed by atoms with Gasteiger partial charge in [0.05, 0.1) is 11.8 Å². The lowest BCUT2D eigenvalue weighted by Gasteiger charge is -2.49. The van der Waals surface area contributed by atoms with Crippen LogP contribution < -0.4 is 5.73 Å². The highest BCUT2D eigenvalue weighted by Crippen LogP contribution is 2.63. The second-order valence-corrected chi connectivity index (χ2v) is 9.10. The molecule has 2 N–H and O–H groups in total. The van der Waals surface area contributed by atoms with E-state index in [9.17, 15) is 0 Å². The van der Waals surface area contributed by atoms with E-state index in [4.69, 9.17) is 20.5 Å². The molecule has 1 aromatic rings. The van der Waals surface area contributed by atoms with Gasteiger partial charge in [-0.2, -0.15) is 0 Å². The van der Waals surface area contributed by atoms with Gasteiger partial charge in [-0.25, -0.2) is 4.99 Å². The van der Waals surface area contributed by atoms with E-state index in [1.54, 1.807) is 0 Å². The molecular formula is C20H26BrN3O. The van der Waals surface area contributed by atoms with Crippen LogP contribution in [-0.4, -0.2) is 24.8 Å². The maximum absolute atomic E-state index is 6.22. The predicted molar refractivity (Wildman–Crippen MR) is 105 cm³/mol. The van der Waals surface area contributed by atoms with Crippen LogP contribution in [0.5, 0.6) is 0 Å². The summed E-state index contributed by atoms with van der Waals surface area (Å²) in [6.45, 7) is 6.58. The normalized spacial score (nSPS) is 39.6. The number of aliphatic imine (C=N–C) groups is 2. The zero-order chi connectivity index (χ0) is 18.0. The molecule has 1 heterocycles. The summed E-state index contributed by atoms with van der Waals surface area (Å²) in [6.07, 6.45) is 3.41. The molecule has 3 aliphatic rings. The summed E-state index contributed by atoms with van der Waals surface area (Å²) in [5, 5.41) is 0. The lowest BCUT2D eigenvalue weighted by Crippen LogP contribution is -2.49. The van der Waals surface area contributed by atoms with Crippen LogP contribution in [-0.2, 0) is 16.8 Å². The van der Waals surface area contributed by atoms with Crippen LogP contribution in [0.2, 0.25) is 0 Å². The van der Waals surface area contributed by atoms with Gasteiger partial charge in [-0.1, -0.05) is 35.8 Å². The fourth-order valence-electron chi connectivity index (χ4n) is 5.74. The number of halogens is 1. The lowest BCUT2D eigenvalue weighted by atomic mass is 9.59. The molecular weight excluding hydrogens is 378 g/mol. The SMILES string of the molecule is CO[C@H]1[C@H](C)C[C@@]2(Cc3ccc(Br)cc3[C@@]23N=C(C)C(N)=N3)C[C@@H]1C. The van der Waals surface area contributed by atoms with Crippen LogP contribution in [0.1, 0.15) is 44.7 Å². The van der Waals surface area contributed by atoms with Crippen molar-refractivity contribution in [2.24, 2.45) is 33.0 Å². The number of amidine groups is 1. The van der Waals surface area contributed by atoms with E-state index in [-0.39, 0.29) is 5.41 Å². The molecule has 4 nitrogen and oxygen atoms in total. The van der Waals surface area contributed by atoms with Crippen molar-refractivity contribution in [3.63, 3.8) is 0 Å². The van der Waals surface area contributed by atoms with E-state index < -0.39 is 5.66 Å². The highest BCUT2D eigenvalue weighted by Gasteiger charge is 2.62. The summed E-state index contributed by atoms with van der Waals surface area (Å²) in [7, 11) is 1.83. The molecule has 134 valence electrons. The van der Waals surface area contributed by atoms with Gasteiger partial charge in [0.2, 0.25) is 0 Å². The van der Waals surface area contributed by atoms with Gasteiger partial charge in [-0.15, -0.1) is 0 Å². The minimum Gasteiger partial charge on any atom is -0.382 e. The average molecular weight is 404 g/mol. The van der Waals surface area contributed by atoms with Gasteiger partial charge in [0.1, 0.15) is 5.84 Å². The molecule has 5 heteroatoms. The summed E-state index contributed by atoms with van der Waals surface area (Å²) in [6, 6.07) is 6.54. The number of benzene rings is 1. The molecule has 0 saturated heterocycles. The van der Waals surface area contributed by atoms with Crippen molar-refractivity contribution in [3.8, 4) is 0 Å². The van der Waals surface area contributed by atoms with Crippen LogP contribution in [0, 0.1) is 17.3 Å². The first-order valence-electron chi connectivity index (χ1n) is 9.06.